The Morgan fingerprint density at radius 1 is 1.03 bits per heavy atom. The first kappa shape index (κ1) is 23.6. The predicted molar refractivity (Wildman–Crippen MR) is 115 cm³/mol. The van der Waals surface area contributed by atoms with Crippen LogP contribution in [0.15, 0.2) is 48.5 Å². The minimum absolute atomic E-state index is 0.0738. The zero-order valence-electron chi connectivity index (χ0n) is 18.0. The molecular weight excluding hydrogens is 453 g/mol. The number of halogens is 3. The number of hydrogen-bond donors (Lipinski definition) is 3. The highest BCUT2D eigenvalue weighted by Gasteiger charge is 2.48. The quantitative estimate of drug-likeness (QED) is 0.539. The van der Waals surface area contributed by atoms with Gasteiger partial charge in [-0.3, -0.25) is 9.59 Å². The number of ether oxygens (including phenoxy) is 1. The molecule has 0 heterocycles. The number of fused-ring (bicyclic) bond motifs is 3. The van der Waals surface area contributed by atoms with Crippen LogP contribution in [-0.2, 0) is 14.3 Å². The monoisotopic (exact) mass is 476 g/mol. The van der Waals surface area contributed by atoms with E-state index in [1.165, 1.54) is 0 Å². The number of alkyl halides is 3. The number of carboxylic acids is 1. The van der Waals surface area contributed by atoms with Crippen molar-refractivity contribution in [1.82, 2.24) is 10.6 Å². The lowest BCUT2D eigenvalue weighted by Crippen LogP contribution is -2.47. The van der Waals surface area contributed by atoms with Crippen molar-refractivity contribution in [1.29, 1.82) is 0 Å². The Morgan fingerprint density at radius 2 is 1.62 bits per heavy atom. The van der Waals surface area contributed by atoms with Gasteiger partial charge >= 0.3 is 18.2 Å². The van der Waals surface area contributed by atoms with Gasteiger partial charge in [-0.2, -0.15) is 13.2 Å². The van der Waals surface area contributed by atoms with Gasteiger partial charge in [-0.1, -0.05) is 48.5 Å². The second-order valence-corrected chi connectivity index (χ2v) is 8.51. The smallest absolute Gasteiger partial charge is 0.409 e. The van der Waals surface area contributed by atoms with E-state index < -0.39 is 42.5 Å². The van der Waals surface area contributed by atoms with Crippen LogP contribution in [0.4, 0.5) is 18.0 Å². The summed E-state index contributed by atoms with van der Waals surface area (Å²) in [5, 5.41) is 13.0. The van der Waals surface area contributed by atoms with Crippen molar-refractivity contribution in [3.8, 4) is 11.1 Å². The van der Waals surface area contributed by atoms with Gasteiger partial charge in [0.15, 0.2) is 0 Å². The summed E-state index contributed by atoms with van der Waals surface area (Å²) in [6.07, 6.45) is -6.48. The Kier molecular flexibility index (Phi) is 6.49. The van der Waals surface area contributed by atoms with Crippen LogP contribution < -0.4 is 10.6 Å². The zero-order chi connectivity index (χ0) is 24.5. The topological polar surface area (TPSA) is 105 Å². The van der Waals surface area contributed by atoms with E-state index in [1.807, 2.05) is 48.5 Å². The molecule has 3 unspecified atom stereocenters. The fourth-order valence-corrected chi connectivity index (χ4v) is 4.36. The standard InChI is InChI=1S/C24H23F3N2O5/c25-24(26,27)20(10-21(30)31)29-22(32)18-9-13(18)11-28-23(33)34-12-19-16-7-3-1-5-14(16)15-6-2-4-8-17(15)19/h1-8,13,18-20H,9-12H2,(H,28,33)(H,29,32)(H,30,31). The van der Waals surface area contributed by atoms with E-state index in [0.717, 1.165) is 22.3 Å². The van der Waals surface area contributed by atoms with Gasteiger partial charge in [0.05, 0.1) is 6.42 Å². The van der Waals surface area contributed by atoms with E-state index in [1.54, 1.807) is 5.32 Å². The van der Waals surface area contributed by atoms with Crippen molar-refractivity contribution in [2.75, 3.05) is 13.2 Å². The molecule has 3 N–H and O–H groups in total. The highest BCUT2D eigenvalue weighted by Crippen LogP contribution is 2.44. The summed E-state index contributed by atoms with van der Waals surface area (Å²) in [5.74, 6) is -3.69. The van der Waals surface area contributed by atoms with Crippen molar-refractivity contribution in [3.05, 3.63) is 59.7 Å². The average molecular weight is 476 g/mol. The number of alkyl carbamates (subject to hydrolysis) is 1. The van der Waals surface area contributed by atoms with E-state index in [0.29, 0.717) is 6.42 Å². The zero-order valence-corrected chi connectivity index (χ0v) is 18.0. The maximum atomic E-state index is 12.9. The van der Waals surface area contributed by atoms with Crippen LogP contribution in [0.3, 0.4) is 0 Å². The molecule has 0 saturated heterocycles. The Balaban J connectivity index is 1.25. The van der Waals surface area contributed by atoms with Gasteiger partial charge < -0.3 is 20.5 Å². The van der Waals surface area contributed by atoms with E-state index in [-0.39, 0.29) is 25.0 Å². The molecule has 180 valence electrons. The van der Waals surface area contributed by atoms with Gasteiger partial charge in [0, 0.05) is 18.4 Å². The van der Waals surface area contributed by atoms with E-state index in [4.69, 9.17) is 9.84 Å². The average Bonchev–Trinajstić information content (AvgIpc) is 3.50. The van der Waals surface area contributed by atoms with Crippen molar-refractivity contribution in [2.45, 2.75) is 31.0 Å². The van der Waals surface area contributed by atoms with E-state index in [2.05, 4.69) is 5.32 Å². The molecule has 34 heavy (non-hydrogen) atoms. The Bertz CT molecular complexity index is 1060. The third-order valence-electron chi connectivity index (χ3n) is 6.20. The molecule has 0 spiro atoms. The molecule has 0 aliphatic heterocycles. The highest BCUT2D eigenvalue weighted by molar-refractivity contribution is 5.83. The molecule has 2 amide bonds. The number of carboxylic acid groups (broad SMARTS) is 1. The maximum absolute atomic E-state index is 12.9. The third-order valence-corrected chi connectivity index (χ3v) is 6.20. The van der Waals surface area contributed by atoms with Gasteiger partial charge in [-0.15, -0.1) is 0 Å². The Hall–Kier alpha value is -3.56. The lowest BCUT2D eigenvalue weighted by molar-refractivity contribution is -0.170. The fraction of sp³-hybridized carbons (Fsp3) is 0.375. The highest BCUT2D eigenvalue weighted by atomic mass is 19.4. The SMILES string of the molecule is O=C(O)CC(NC(=O)C1CC1CNC(=O)OCC1c2ccccc2-c2ccccc21)C(F)(F)F. The van der Waals surface area contributed by atoms with E-state index >= 15 is 0 Å². The van der Waals surface area contributed by atoms with Gasteiger partial charge in [-0.05, 0) is 34.6 Å². The van der Waals surface area contributed by atoms with Crippen LogP contribution in [0.25, 0.3) is 11.1 Å². The second kappa shape index (κ2) is 9.36. The summed E-state index contributed by atoms with van der Waals surface area (Å²) in [5.41, 5.74) is 4.32. The van der Waals surface area contributed by atoms with Crippen LogP contribution in [0.2, 0.25) is 0 Å². The van der Waals surface area contributed by atoms with Crippen molar-refractivity contribution in [3.63, 3.8) is 0 Å². The first-order valence-electron chi connectivity index (χ1n) is 10.8. The molecule has 0 radical (unpaired) electrons. The Labute approximate surface area is 193 Å². The molecule has 4 rings (SSSR count). The molecule has 2 aliphatic carbocycles. The van der Waals surface area contributed by atoms with Gasteiger partial charge in [0.2, 0.25) is 5.91 Å². The summed E-state index contributed by atoms with van der Waals surface area (Å²) >= 11 is 0. The number of carbonyl (C=O) groups excluding carboxylic acids is 2. The van der Waals surface area contributed by atoms with Crippen molar-refractivity contribution in [2.24, 2.45) is 11.8 Å². The van der Waals surface area contributed by atoms with Crippen LogP contribution >= 0.6 is 0 Å². The number of amides is 2. The lowest BCUT2D eigenvalue weighted by atomic mass is 9.98. The molecule has 0 bridgehead atoms. The Morgan fingerprint density at radius 3 is 2.18 bits per heavy atom. The third kappa shape index (κ3) is 5.16. The fourth-order valence-electron chi connectivity index (χ4n) is 4.36. The number of benzene rings is 2. The molecule has 3 atom stereocenters. The van der Waals surface area contributed by atoms with Crippen LogP contribution in [-0.4, -0.2) is 48.4 Å². The van der Waals surface area contributed by atoms with Crippen LogP contribution in [0, 0.1) is 11.8 Å². The van der Waals surface area contributed by atoms with Crippen LogP contribution in [0.1, 0.15) is 29.9 Å². The molecule has 10 heteroatoms. The number of hydrogen-bond acceptors (Lipinski definition) is 4. The molecule has 7 nitrogen and oxygen atoms in total. The maximum Gasteiger partial charge on any atom is 0.409 e. The molecule has 0 aromatic heterocycles. The number of nitrogens with one attached hydrogen (secondary N) is 2. The first-order valence-corrected chi connectivity index (χ1v) is 10.8. The van der Waals surface area contributed by atoms with Crippen LogP contribution in [0.5, 0.6) is 0 Å². The minimum atomic E-state index is -4.86. The number of rotatable bonds is 8. The second-order valence-electron chi connectivity index (χ2n) is 8.51. The summed E-state index contributed by atoms with van der Waals surface area (Å²) in [7, 11) is 0. The largest absolute Gasteiger partial charge is 0.481 e. The molecule has 2 aromatic rings. The minimum Gasteiger partial charge on any atom is -0.481 e. The van der Waals surface area contributed by atoms with Crippen molar-refractivity contribution < 1.29 is 37.4 Å². The van der Waals surface area contributed by atoms with Crippen molar-refractivity contribution >= 4 is 18.0 Å². The van der Waals surface area contributed by atoms with Gasteiger partial charge in [-0.25, -0.2) is 4.79 Å². The lowest BCUT2D eigenvalue weighted by Gasteiger charge is -2.20. The molecule has 1 saturated carbocycles. The molecule has 1 fully saturated rings. The summed E-state index contributed by atoms with van der Waals surface area (Å²) < 4.78 is 44.2. The van der Waals surface area contributed by atoms with Gasteiger partial charge in [0.1, 0.15) is 12.6 Å². The molecular formula is C24H23F3N2O5. The molecule has 2 aromatic carbocycles. The predicted octanol–water partition coefficient (Wildman–Crippen LogP) is 3.68. The summed E-state index contributed by atoms with van der Waals surface area (Å²) in [6, 6.07) is 13.3. The first-order chi connectivity index (χ1) is 16.1. The number of aliphatic carboxylic acids is 1. The summed E-state index contributed by atoms with van der Waals surface area (Å²) in [6.45, 7) is 0.196. The van der Waals surface area contributed by atoms with Gasteiger partial charge in [0.25, 0.3) is 0 Å². The summed E-state index contributed by atoms with van der Waals surface area (Å²) in [4.78, 5) is 34.9. The molecule has 2 aliphatic rings. The number of carbonyl (C=O) groups is 3. The van der Waals surface area contributed by atoms with E-state index in [9.17, 15) is 27.6 Å². The normalized spacial score (nSPS) is 19.5.